The van der Waals surface area contributed by atoms with Crippen molar-refractivity contribution in [3.63, 3.8) is 0 Å². The van der Waals surface area contributed by atoms with E-state index in [0.29, 0.717) is 16.5 Å². The lowest BCUT2D eigenvalue weighted by Crippen LogP contribution is -2.01. The van der Waals surface area contributed by atoms with Gasteiger partial charge in [0.15, 0.2) is 0 Å². The minimum Gasteiger partial charge on any atom is -0.472 e. The molecule has 1 N–H and O–H groups in total. The molecule has 4 heteroatoms. The maximum absolute atomic E-state index is 13.1. The predicted octanol–water partition coefficient (Wildman–Crippen LogP) is 3.46. The van der Waals surface area contributed by atoms with E-state index in [2.05, 4.69) is 15.9 Å². The van der Waals surface area contributed by atoms with Gasteiger partial charge in [0, 0.05) is 10.9 Å². The average molecular weight is 285 g/mol. The second-order valence-corrected chi connectivity index (χ2v) is 4.47. The highest BCUT2D eigenvalue weighted by molar-refractivity contribution is 9.10. The highest BCUT2D eigenvalue weighted by Crippen LogP contribution is 2.23. The molecule has 2 aromatic rings. The number of aliphatic hydroxyl groups excluding tert-OH is 1. The third-order valence-corrected chi connectivity index (χ3v) is 2.74. The second-order valence-electron chi connectivity index (χ2n) is 3.55. The number of halogens is 2. The largest absolute Gasteiger partial charge is 0.472 e. The van der Waals surface area contributed by atoms with Crippen molar-refractivity contribution in [3.05, 3.63) is 58.2 Å². The van der Waals surface area contributed by atoms with Gasteiger partial charge in [-0.1, -0.05) is 15.9 Å². The number of rotatable bonds is 3. The third kappa shape index (κ3) is 2.71. The van der Waals surface area contributed by atoms with E-state index >= 15 is 0 Å². The van der Waals surface area contributed by atoms with Crippen LogP contribution in [0.25, 0.3) is 0 Å². The van der Waals surface area contributed by atoms with E-state index in [1.807, 2.05) is 0 Å². The van der Waals surface area contributed by atoms with Crippen molar-refractivity contribution in [1.29, 1.82) is 0 Å². The van der Waals surface area contributed by atoms with Gasteiger partial charge in [-0.3, -0.25) is 0 Å². The maximum Gasteiger partial charge on any atom is 0.124 e. The molecule has 0 amide bonds. The Labute approximate surface area is 101 Å². The Balaban J connectivity index is 2.17. The molecule has 0 spiro atoms. The zero-order chi connectivity index (χ0) is 11.5. The minimum absolute atomic E-state index is 0.365. The molecule has 0 radical (unpaired) electrons. The standard InChI is InChI=1S/C12H10BrFO2/c13-10-4-9(5-11(14)6-10)12(15)3-8-1-2-16-7-8/h1-2,4-7,12,15H,3H2. The lowest BCUT2D eigenvalue weighted by atomic mass is 10.0. The predicted molar refractivity (Wildman–Crippen MR) is 61.5 cm³/mol. The number of hydrogen-bond donors (Lipinski definition) is 1. The van der Waals surface area contributed by atoms with Crippen LogP contribution in [0.3, 0.4) is 0 Å². The van der Waals surface area contributed by atoms with Gasteiger partial charge < -0.3 is 9.52 Å². The summed E-state index contributed by atoms with van der Waals surface area (Å²) in [5.41, 5.74) is 1.43. The van der Waals surface area contributed by atoms with Crippen LogP contribution in [-0.2, 0) is 6.42 Å². The van der Waals surface area contributed by atoms with Crippen LogP contribution >= 0.6 is 15.9 Å². The maximum atomic E-state index is 13.1. The normalized spacial score (nSPS) is 12.7. The molecule has 0 saturated heterocycles. The summed E-state index contributed by atoms with van der Waals surface area (Å²) < 4.78 is 18.6. The second kappa shape index (κ2) is 4.80. The van der Waals surface area contributed by atoms with Crippen molar-refractivity contribution in [3.8, 4) is 0 Å². The number of benzene rings is 1. The molecular formula is C12H10BrFO2. The van der Waals surface area contributed by atoms with Crippen molar-refractivity contribution in [2.45, 2.75) is 12.5 Å². The molecule has 0 aliphatic heterocycles. The van der Waals surface area contributed by atoms with E-state index in [4.69, 9.17) is 4.42 Å². The summed E-state index contributed by atoms with van der Waals surface area (Å²) in [4.78, 5) is 0. The highest BCUT2D eigenvalue weighted by atomic mass is 79.9. The lowest BCUT2D eigenvalue weighted by Gasteiger charge is -2.10. The van der Waals surface area contributed by atoms with E-state index in [1.165, 1.54) is 12.1 Å². The molecule has 2 rings (SSSR count). The zero-order valence-electron chi connectivity index (χ0n) is 8.36. The smallest absolute Gasteiger partial charge is 0.124 e. The molecule has 1 atom stereocenters. The van der Waals surface area contributed by atoms with Crippen LogP contribution in [-0.4, -0.2) is 5.11 Å². The van der Waals surface area contributed by atoms with Gasteiger partial charge in [0.2, 0.25) is 0 Å². The Morgan fingerprint density at radius 1 is 1.38 bits per heavy atom. The van der Waals surface area contributed by atoms with Crippen molar-refractivity contribution in [1.82, 2.24) is 0 Å². The molecular weight excluding hydrogens is 275 g/mol. The number of hydrogen-bond acceptors (Lipinski definition) is 2. The molecule has 16 heavy (non-hydrogen) atoms. The van der Waals surface area contributed by atoms with Crippen molar-refractivity contribution in [2.24, 2.45) is 0 Å². The van der Waals surface area contributed by atoms with Gasteiger partial charge in [-0.15, -0.1) is 0 Å². The van der Waals surface area contributed by atoms with Gasteiger partial charge in [-0.05, 0) is 35.4 Å². The molecule has 2 nitrogen and oxygen atoms in total. The van der Waals surface area contributed by atoms with Gasteiger partial charge in [-0.2, -0.15) is 0 Å². The molecule has 1 heterocycles. The molecule has 0 saturated carbocycles. The minimum atomic E-state index is -0.732. The van der Waals surface area contributed by atoms with E-state index in [0.717, 1.165) is 5.56 Å². The fraction of sp³-hybridized carbons (Fsp3) is 0.167. The molecule has 84 valence electrons. The SMILES string of the molecule is OC(Cc1ccoc1)c1cc(F)cc(Br)c1. The van der Waals surface area contributed by atoms with Crippen LogP contribution in [0.2, 0.25) is 0 Å². The summed E-state index contributed by atoms with van der Waals surface area (Å²) >= 11 is 3.19. The highest BCUT2D eigenvalue weighted by Gasteiger charge is 2.11. The Morgan fingerprint density at radius 3 is 2.81 bits per heavy atom. The first kappa shape index (κ1) is 11.4. The van der Waals surface area contributed by atoms with Gasteiger partial charge in [-0.25, -0.2) is 4.39 Å². The van der Waals surface area contributed by atoms with Crippen molar-refractivity contribution < 1.29 is 13.9 Å². The fourth-order valence-corrected chi connectivity index (χ4v) is 2.00. The summed E-state index contributed by atoms with van der Waals surface area (Å²) in [6.45, 7) is 0. The first-order valence-corrected chi connectivity index (χ1v) is 5.59. The third-order valence-electron chi connectivity index (χ3n) is 2.28. The molecule has 0 bridgehead atoms. The van der Waals surface area contributed by atoms with E-state index in [-0.39, 0.29) is 5.82 Å². The van der Waals surface area contributed by atoms with E-state index in [9.17, 15) is 9.50 Å². The van der Waals surface area contributed by atoms with Gasteiger partial charge in [0.25, 0.3) is 0 Å². The van der Waals surface area contributed by atoms with Crippen molar-refractivity contribution in [2.75, 3.05) is 0 Å². The van der Waals surface area contributed by atoms with Gasteiger partial charge in [0.1, 0.15) is 5.82 Å². The Kier molecular flexibility index (Phi) is 3.41. The average Bonchev–Trinajstić information content (AvgIpc) is 2.68. The summed E-state index contributed by atoms with van der Waals surface area (Å²) in [5, 5.41) is 9.91. The molecule has 1 unspecified atom stereocenters. The molecule has 1 aromatic carbocycles. The number of aliphatic hydroxyl groups is 1. The fourth-order valence-electron chi connectivity index (χ4n) is 1.52. The Bertz CT molecular complexity index is 448. The summed E-state index contributed by atoms with van der Waals surface area (Å²) in [5.74, 6) is -0.365. The Hall–Kier alpha value is -1.13. The van der Waals surface area contributed by atoms with Crippen LogP contribution < -0.4 is 0 Å². The lowest BCUT2D eigenvalue weighted by molar-refractivity contribution is 0.177. The van der Waals surface area contributed by atoms with Crippen LogP contribution in [0.5, 0.6) is 0 Å². The summed E-state index contributed by atoms with van der Waals surface area (Å²) in [7, 11) is 0. The van der Waals surface area contributed by atoms with Crippen LogP contribution in [0.15, 0.2) is 45.7 Å². The van der Waals surface area contributed by atoms with Crippen LogP contribution in [0, 0.1) is 5.82 Å². The van der Waals surface area contributed by atoms with Crippen LogP contribution in [0.1, 0.15) is 17.2 Å². The van der Waals surface area contributed by atoms with E-state index in [1.54, 1.807) is 24.7 Å². The van der Waals surface area contributed by atoms with Crippen molar-refractivity contribution >= 4 is 15.9 Å². The quantitative estimate of drug-likeness (QED) is 0.937. The monoisotopic (exact) mass is 284 g/mol. The first-order chi connectivity index (χ1) is 7.65. The van der Waals surface area contributed by atoms with Gasteiger partial charge in [0.05, 0.1) is 18.6 Å². The first-order valence-electron chi connectivity index (χ1n) is 4.80. The molecule has 1 aromatic heterocycles. The van der Waals surface area contributed by atoms with Crippen LogP contribution in [0.4, 0.5) is 4.39 Å². The number of furan rings is 1. The molecule has 0 fully saturated rings. The molecule has 0 aliphatic carbocycles. The summed E-state index contributed by atoms with van der Waals surface area (Å²) in [6.07, 6.45) is 2.79. The van der Waals surface area contributed by atoms with Gasteiger partial charge >= 0.3 is 0 Å². The topological polar surface area (TPSA) is 33.4 Å². The Morgan fingerprint density at radius 2 is 2.19 bits per heavy atom. The molecule has 0 aliphatic rings. The summed E-state index contributed by atoms with van der Waals surface area (Å²) in [6, 6.07) is 6.16. The zero-order valence-corrected chi connectivity index (χ0v) is 9.95. The van der Waals surface area contributed by atoms with E-state index < -0.39 is 6.10 Å².